The van der Waals surface area contributed by atoms with Crippen molar-refractivity contribution in [3.8, 4) is 0 Å². The van der Waals surface area contributed by atoms with Crippen LogP contribution in [0.4, 0.5) is 0 Å². The first-order valence-corrected chi connectivity index (χ1v) is 8.02. The fourth-order valence-corrected chi connectivity index (χ4v) is 2.83. The molecular weight excluding hydrogens is 286 g/mol. The zero-order chi connectivity index (χ0) is 15.1. The minimum atomic E-state index is -3.69. The molecule has 2 aromatic carbocycles. The van der Waals surface area contributed by atoms with E-state index in [1.807, 2.05) is 35.1 Å². The third-order valence-corrected chi connectivity index (χ3v) is 3.91. The smallest absolute Gasteiger partial charge is 0.257 e. The number of carbonyl (C=O) groups is 1. The molecular formula is C16H15NO3S. The van der Waals surface area contributed by atoms with Crippen molar-refractivity contribution in [1.82, 2.24) is 4.72 Å². The third-order valence-electron chi connectivity index (χ3n) is 2.68. The molecule has 0 aromatic heterocycles. The topological polar surface area (TPSA) is 63.2 Å². The van der Waals surface area contributed by atoms with Crippen LogP contribution >= 0.6 is 0 Å². The Hall–Kier alpha value is -2.40. The molecule has 0 aliphatic heterocycles. The van der Waals surface area contributed by atoms with Gasteiger partial charge in [-0.1, -0.05) is 60.7 Å². The molecule has 4 nitrogen and oxygen atoms in total. The van der Waals surface area contributed by atoms with E-state index >= 15 is 0 Å². The Balaban J connectivity index is 1.97. The first-order valence-electron chi connectivity index (χ1n) is 6.37. The van der Waals surface area contributed by atoms with Crippen molar-refractivity contribution < 1.29 is 13.2 Å². The second kappa shape index (κ2) is 6.85. The number of benzene rings is 2. The van der Waals surface area contributed by atoms with E-state index in [2.05, 4.69) is 0 Å². The van der Waals surface area contributed by atoms with Gasteiger partial charge in [0.15, 0.2) is 0 Å². The lowest BCUT2D eigenvalue weighted by Gasteiger charge is -2.04. The number of amides is 1. The van der Waals surface area contributed by atoms with Gasteiger partial charge in [0.1, 0.15) is 0 Å². The molecule has 0 unspecified atom stereocenters. The molecule has 0 atom stereocenters. The van der Waals surface area contributed by atoms with Gasteiger partial charge in [0.05, 0.1) is 5.75 Å². The maximum Gasteiger partial charge on any atom is 0.257 e. The van der Waals surface area contributed by atoms with E-state index in [0.717, 1.165) is 5.56 Å². The lowest BCUT2D eigenvalue weighted by Crippen LogP contribution is -2.30. The number of rotatable bonds is 5. The molecule has 0 aliphatic rings. The van der Waals surface area contributed by atoms with E-state index in [1.165, 1.54) is 6.08 Å². The maximum atomic E-state index is 11.9. The van der Waals surface area contributed by atoms with E-state index < -0.39 is 15.9 Å². The summed E-state index contributed by atoms with van der Waals surface area (Å²) in [5, 5.41) is 0. The zero-order valence-electron chi connectivity index (χ0n) is 11.3. The SMILES string of the molecule is O=C(/C=C/c1ccccc1)NS(=O)(=O)Cc1ccccc1. The Morgan fingerprint density at radius 2 is 1.52 bits per heavy atom. The summed E-state index contributed by atoms with van der Waals surface area (Å²) in [5.41, 5.74) is 1.46. The van der Waals surface area contributed by atoms with Gasteiger partial charge in [0.25, 0.3) is 5.91 Å². The lowest BCUT2D eigenvalue weighted by atomic mass is 10.2. The molecule has 0 saturated heterocycles. The molecule has 0 saturated carbocycles. The van der Waals surface area contributed by atoms with E-state index in [1.54, 1.807) is 36.4 Å². The van der Waals surface area contributed by atoms with E-state index in [0.29, 0.717) is 5.56 Å². The summed E-state index contributed by atoms with van der Waals surface area (Å²) in [6.45, 7) is 0. The molecule has 0 fully saturated rings. The summed E-state index contributed by atoms with van der Waals surface area (Å²) in [6.07, 6.45) is 2.77. The minimum absolute atomic E-state index is 0.223. The van der Waals surface area contributed by atoms with Crippen molar-refractivity contribution in [1.29, 1.82) is 0 Å². The Bertz CT molecular complexity index is 723. The quantitative estimate of drug-likeness (QED) is 0.862. The van der Waals surface area contributed by atoms with Crippen LogP contribution in [0.2, 0.25) is 0 Å². The van der Waals surface area contributed by atoms with Crippen LogP contribution in [0.3, 0.4) is 0 Å². The Labute approximate surface area is 124 Å². The van der Waals surface area contributed by atoms with Crippen LogP contribution in [0.15, 0.2) is 66.7 Å². The minimum Gasteiger partial charge on any atom is -0.269 e. The zero-order valence-corrected chi connectivity index (χ0v) is 12.1. The summed E-state index contributed by atoms with van der Waals surface area (Å²) in [6, 6.07) is 17.9. The van der Waals surface area contributed by atoms with Crippen molar-refractivity contribution in [3.05, 3.63) is 77.9 Å². The predicted molar refractivity (Wildman–Crippen MR) is 82.7 cm³/mol. The van der Waals surface area contributed by atoms with Gasteiger partial charge in [-0.25, -0.2) is 13.1 Å². The molecule has 0 spiro atoms. The van der Waals surface area contributed by atoms with Gasteiger partial charge >= 0.3 is 0 Å². The van der Waals surface area contributed by atoms with Gasteiger partial charge < -0.3 is 0 Å². The molecule has 0 heterocycles. The normalized spacial score (nSPS) is 11.4. The first kappa shape index (κ1) is 15.0. The summed E-state index contributed by atoms with van der Waals surface area (Å²) < 4.78 is 25.7. The number of hydrogen-bond donors (Lipinski definition) is 1. The second-order valence-electron chi connectivity index (χ2n) is 4.46. The van der Waals surface area contributed by atoms with E-state index in [4.69, 9.17) is 0 Å². The fourth-order valence-electron chi connectivity index (χ4n) is 1.75. The molecule has 0 bridgehead atoms. The number of sulfonamides is 1. The largest absolute Gasteiger partial charge is 0.269 e. The molecule has 21 heavy (non-hydrogen) atoms. The Kier molecular flexibility index (Phi) is 4.90. The van der Waals surface area contributed by atoms with Crippen LogP contribution in [0.25, 0.3) is 6.08 Å². The van der Waals surface area contributed by atoms with E-state index in [9.17, 15) is 13.2 Å². The van der Waals surface area contributed by atoms with Crippen LogP contribution < -0.4 is 4.72 Å². The molecule has 0 aliphatic carbocycles. The van der Waals surface area contributed by atoms with Crippen molar-refractivity contribution in [3.63, 3.8) is 0 Å². The summed E-state index contributed by atoms with van der Waals surface area (Å²) >= 11 is 0. The standard InChI is InChI=1S/C16H15NO3S/c18-16(12-11-14-7-3-1-4-8-14)17-21(19,20)13-15-9-5-2-6-10-15/h1-12H,13H2,(H,17,18)/b12-11+. The maximum absolute atomic E-state index is 11.9. The summed E-state index contributed by atoms with van der Waals surface area (Å²) in [5.74, 6) is -0.881. The Morgan fingerprint density at radius 1 is 0.952 bits per heavy atom. The Morgan fingerprint density at radius 3 is 2.14 bits per heavy atom. The van der Waals surface area contributed by atoms with E-state index in [-0.39, 0.29) is 5.75 Å². The lowest BCUT2D eigenvalue weighted by molar-refractivity contribution is -0.114. The van der Waals surface area contributed by atoms with Gasteiger partial charge in [0, 0.05) is 6.08 Å². The van der Waals surface area contributed by atoms with Crippen LogP contribution in [0.5, 0.6) is 0 Å². The van der Waals surface area contributed by atoms with Crippen molar-refractivity contribution >= 4 is 22.0 Å². The van der Waals surface area contributed by atoms with Gasteiger partial charge in [-0.3, -0.25) is 4.79 Å². The first-order chi connectivity index (χ1) is 10.1. The van der Waals surface area contributed by atoms with Crippen LogP contribution in [0.1, 0.15) is 11.1 Å². The highest BCUT2D eigenvalue weighted by Crippen LogP contribution is 2.04. The summed E-state index contributed by atoms with van der Waals surface area (Å²) in [4.78, 5) is 11.6. The van der Waals surface area contributed by atoms with Gasteiger partial charge in [-0.2, -0.15) is 0 Å². The van der Waals surface area contributed by atoms with Crippen LogP contribution in [0, 0.1) is 0 Å². The van der Waals surface area contributed by atoms with Gasteiger partial charge in [-0.15, -0.1) is 0 Å². The van der Waals surface area contributed by atoms with Gasteiger partial charge in [0.2, 0.25) is 10.0 Å². The van der Waals surface area contributed by atoms with Crippen LogP contribution in [-0.2, 0) is 20.6 Å². The number of nitrogens with one attached hydrogen (secondary N) is 1. The molecule has 108 valence electrons. The molecule has 0 radical (unpaired) electrons. The molecule has 1 N–H and O–H groups in total. The average Bonchev–Trinajstić information content (AvgIpc) is 2.46. The highest BCUT2D eigenvalue weighted by atomic mass is 32.2. The fraction of sp³-hybridized carbons (Fsp3) is 0.0625. The van der Waals surface area contributed by atoms with Crippen LogP contribution in [-0.4, -0.2) is 14.3 Å². The van der Waals surface area contributed by atoms with Gasteiger partial charge in [-0.05, 0) is 17.2 Å². The molecule has 2 rings (SSSR count). The van der Waals surface area contributed by atoms with Crippen molar-refractivity contribution in [2.45, 2.75) is 5.75 Å². The number of hydrogen-bond acceptors (Lipinski definition) is 3. The predicted octanol–water partition coefficient (Wildman–Crippen LogP) is 2.35. The molecule has 2 aromatic rings. The molecule has 1 amide bonds. The van der Waals surface area contributed by atoms with Crippen molar-refractivity contribution in [2.75, 3.05) is 0 Å². The summed E-state index contributed by atoms with van der Waals surface area (Å²) in [7, 11) is -3.69. The second-order valence-corrected chi connectivity index (χ2v) is 6.18. The highest BCUT2D eigenvalue weighted by Gasteiger charge is 2.13. The third kappa shape index (κ3) is 5.24. The molecule has 5 heteroatoms. The number of carbonyl (C=O) groups excluding carboxylic acids is 1. The average molecular weight is 301 g/mol. The van der Waals surface area contributed by atoms with Crippen molar-refractivity contribution in [2.24, 2.45) is 0 Å². The highest BCUT2D eigenvalue weighted by molar-refractivity contribution is 7.89. The monoisotopic (exact) mass is 301 g/mol.